The van der Waals surface area contributed by atoms with Gasteiger partial charge < -0.3 is 31.6 Å². The lowest BCUT2D eigenvalue weighted by molar-refractivity contribution is -0.153. The number of carbonyl (C=O) groups is 3. The first-order valence-corrected chi connectivity index (χ1v) is 14.3. The highest BCUT2D eigenvalue weighted by atomic mass is 32.2. The van der Waals surface area contributed by atoms with Gasteiger partial charge in [0, 0.05) is 24.8 Å². The molecule has 1 saturated carbocycles. The number of carboxylic acids is 1. The second-order valence-electron chi connectivity index (χ2n) is 9.06. The van der Waals surface area contributed by atoms with Crippen LogP contribution in [0.5, 0.6) is 0 Å². The summed E-state index contributed by atoms with van der Waals surface area (Å²) in [6, 6.07) is -2.72. The fourth-order valence-corrected chi connectivity index (χ4v) is 5.24. The number of rotatable bonds is 15. The van der Waals surface area contributed by atoms with E-state index in [1.807, 2.05) is 7.05 Å². The summed E-state index contributed by atoms with van der Waals surface area (Å²) in [5.41, 5.74) is 4.11. The molecule has 2 fully saturated rings. The summed E-state index contributed by atoms with van der Waals surface area (Å²) in [6.07, 6.45) is 2.70. The van der Waals surface area contributed by atoms with Crippen LogP contribution in [0.4, 0.5) is 5.13 Å². The number of carbonyl (C=O) groups excluding carboxylic acids is 2. The molecule has 0 radical (unpaired) electrons. The Kier molecular flexibility index (Phi) is 8.63. The van der Waals surface area contributed by atoms with Crippen molar-refractivity contribution >= 4 is 50.3 Å². The molecule has 1 saturated heterocycles. The van der Waals surface area contributed by atoms with Crippen LogP contribution in [0, 0.1) is 0 Å². The minimum absolute atomic E-state index is 0.0447. The summed E-state index contributed by atoms with van der Waals surface area (Å²) in [4.78, 5) is 47.6. The van der Waals surface area contributed by atoms with E-state index in [2.05, 4.69) is 36.3 Å². The average Bonchev–Trinajstić information content (AvgIpc) is 3.36. The summed E-state index contributed by atoms with van der Waals surface area (Å²) in [5.74, 6) is -3.38. The molecule has 2 aromatic heterocycles. The molecule has 0 spiro atoms. The minimum Gasteiger partial charge on any atom is -0.478 e. The van der Waals surface area contributed by atoms with Gasteiger partial charge in [0.15, 0.2) is 10.8 Å². The van der Waals surface area contributed by atoms with Gasteiger partial charge >= 0.3 is 16.3 Å². The third kappa shape index (κ3) is 6.53. The molecule has 218 valence electrons. The van der Waals surface area contributed by atoms with Crippen molar-refractivity contribution in [2.75, 3.05) is 25.9 Å². The fraction of sp³-hybridized carbons (Fsp3) is 0.550. The summed E-state index contributed by atoms with van der Waals surface area (Å²) in [5, 5.41) is 31.4. The van der Waals surface area contributed by atoms with Crippen LogP contribution < -0.4 is 21.7 Å². The van der Waals surface area contributed by atoms with E-state index < -0.39 is 51.5 Å². The number of β-lactam (4-membered cyclic amide) rings is 1. The molecule has 2 aromatic rings. The van der Waals surface area contributed by atoms with Crippen molar-refractivity contribution in [3.8, 4) is 0 Å². The van der Waals surface area contributed by atoms with Crippen LogP contribution in [0.1, 0.15) is 30.7 Å². The molecule has 2 amide bonds. The molecule has 40 heavy (non-hydrogen) atoms. The Labute approximate surface area is 231 Å². The van der Waals surface area contributed by atoms with Gasteiger partial charge in [-0.25, -0.2) is 14.1 Å². The maximum absolute atomic E-state index is 13.2. The van der Waals surface area contributed by atoms with E-state index in [9.17, 15) is 32.5 Å². The molecule has 0 aromatic carbocycles. The Bertz CT molecular complexity index is 1400. The number of carboxylic acid groups (broad SMARTS) is 1. The van der Waals surface area contributed by atoms with Crippen LogP contribution in [0.15, 0.2) is 16.7 Å². The first-order valence-electron chi connectivity index (χ1n) is 12.0. The number of amides is 2. The van der Waals surface area contributed by atoms with Gasteiger partial charge in [-0.1, -0.05) is 5.16 Å². The first kappa shape index (κ1) is 29.3. The number of aliphatic carboxylic acids is 1. The maximum Gasteiger partial charge on any atom is 0.362 e. The molecular weight excluding hydrogens is 572 g/mol. The number of nitrogens with two attached hydrogens (primary N) is 1. The van der Waals surface area contributed by atoms with Gasteiger partial charge in [0.2, 0.25) is 5.60 Å². The summed E-state index contributed by atoms with van der Waals surface area (Å²) < 4.78 is 33.6. The summed E-state index contributed by atoms with van der Waals surface area (Å²) >= 11 is 0.981. The number of hydrogen-bond donors (Lipinski definition) is 6. The van der Waals surface area contributed by atoms with Gasteiger partial charge in [0.25, 0.3) is 11.8 Å². The lowest BCUT2D eigenvalue weighted by Crippen LogP contribution is -2.73. The fourth-order valence-electron chi connectivity index (χ4n) is 3.82. The van der Waals surface area contributed by atoms with E-state index in [1.165, 1.54) is 11.6 Å². The topological polar surface area (TPSA) is 256 Å². The van der Waals surface area contributed by atoms with Crippen LogP contribution in [-0.2, 0) is 42.6 Å². The maximum atomic E-state index is 13.2. The Hall–Kier alpha value is -3.72. The normalized spacial score (nSPS) is 20.2. The number of nitrogens with one attached hydrogen (secondary N) is 3. The number of hydrogen-bond acceptors (Lipinski definition) is 14. The number of nitrogens with zero attached hydrogens (tertiary/aromatic N) is 6. The van der Waals surface area contributed by atoms with Gasteiger partial charge in [-0.05, 0) is 26.6 Å². The van der Waals surface area contributed by atoms with Crippen molar-refractivity contribution < 1.29 is 37.3 Å². The molecule has 18 nitrogen and oxygen atoms in total. The molecule has 2 aliphatic rings. The molecule has 7 N–H and O–H groups in total. The molecule has 20 heteroatoms. The Morgan fingerprint density at radius 1 is 1.35 bits per heavy atom. The van der Waals surface area contributed by atoms with Crippen LogP contribution in [-0.4, -0.2) is 104 Å². The van der Waals surface area contributed by atoms with Crippen molar-refractivity contribution in [1.82, 2.24) is 40.2 Å². The Morgan fingerprint density at radius 2 is 2.10 bits per heavy atom. The zero-order valence-corrected chi connectivity index (χ0v) is 22.8. The molecule has 2 unspecified atom stereocenters. The molecule has 1 aliphatic carbocycles. The molecule has 1 aliphatic heterocycles. The first-order chi connectivity index (χ1) is 18.9. The second-order valence-corrected chi connectivity index (χ2v) is 11.2. The average molecular weight is 601 g/mol. The van der Waals surface area contributed by atoms with Crippen molar-refractivity contribution in [1.29, 1.82) is 0 Å². The second kappa shape index (κ2) is 11.8. The lowest BCUT2D eigenvalue weighted by atomic mass is 9.98. The number of thiazole rings is 1. The van der Waals surface area contributed by atoms with E-state index in [1.54, 1.807) is 0 Å². The number of anilines is 1. The van der Waals surface area contributed by atoms with E-state index in [-0.39, 0.29) is 34.5 Å². The third-order valence-electron chi connectivity index (χ3n) is 6.11. The van der Waals surface area contributed by atoms with Gasteiger partial charge in [0.05, 0.1) is 18.4 Å². The highest BCUT2D eigenvalue weighted by Crippen LogP contribution is 2.40. The van der Waals surface area contributed by atoms with Crippen molar-refractivity contribution in [3.63, 3.8) is 0 Å². The molecule has 3 heterocycles. The standard InChI is InChI=1S/C20H28N10O8S2/c1-22-5-2-6-23-7-11-8-24-29(27-11)9-13-15(17(32)30(13)40(35,36)37)26-16(31)14(12-10-39-19(21)25-12)28-38-20(3-4-20)18(33)34/h8,10,13,15,22-23H,2-7,9H2,1H3,(H2,21,25)(H,26,31)(H,33,34)(H,35,36,37)/b28-14-. The van der Waals surface area contributed by atoms with E-state index in [4.69, 9.17) is 10.6 Å². The molecular formula is C20H28N10O8S2. The van der Waals surface area contributed by atoms with Gasteiger partial charge in [0.1, 0.15) is 17.8 Å². The molecule has 2 atom stereocenters. The largest absolute Gasteiger partial charge is 0.478 e. The van der Waals surface area contributed by atoms with E-state index >= 15 is 0 Å². The number of aromatic nitrogens is 4. The summed E-state index contributed by atoms with van der Waals surface area (Å²) in [6.45, 7) is 1.67. The lowest BCUT2D eigenvalue weighted by Gasteiger charge is -2.43. The SMILES string of the molecule is CNCCCNCc1cnn(CC2C(NC(=O)/C(=N\OC3(C(=O)O)CC3)c3csc(N)n3)C(=O)N2S(=O)(=O)O)n1. The highest BCUT2D eigenvalue weighted by molar-refractivity contribution is 7.84. The predicted molar refractivity (Wildman–Crippen MR) is 138 cm³/mol. The highest BCUT2D eigenvalue weighted by Gasteiger charge is 2.56. The minimum atomic E-state index is -4.97. The molecule has 4 rings (SSSR count). The monoisotopic (exact) mass is 600 g/mol. The quantitative estimate of drug-likeness (QED) is 0.0408. The number of nitrogen functional groups attached to an aromatic ring is 1. The Morgan fingerprint density at radius 3 is 2.70 bits per heavy atom. The van der Waals surface area contributed by atoms with Gasteiger partial charge in [-0.15, -0.1) is 11.3 Å². The van der Waals surface area contributed by atoms with E-state index in [0.717, 1.165) is 35.6 Å². The van der Waals surface area contributed by atoms with Crippen LogP contribution in [0.3, 0.4) is 0 Å². The van der Waals surface area contributed by atoms with Gasteiger partial charge in [-0.3, -0.25) is 14.1 Å². The summed E-state index contributed by atoms with van der Waals surface area (Å²) in [7, 11) is -3.12. The van der Waals surface area contributed by atoms with Crippen molar-refractivity contribution in [2.45, 2.75) is 50.0 Å². The van der Waals surface area contributed by atoms with Crippen LogP contribution in [0.25, 0.3) is 0 Å². The van der Waals surface area contributed by atoms with Crippen LogP contribution >= 0.6 is 11.3 Å². The van der Waals surface area contributed by atoms with Crippen molar-refractivity contribution in [3.05, 3.63) is 23.0 Å². The third-order valence-corrected chi connectivity index (χ3v) is 7.73. The molecule has 0 bridgehead atoms. The zero-order chi connectivity index (χ0) is 29.1. The predicted octanol–water partition coefficient (Wildman–Crippen LogP) is -2.45. The Balaban J connectivity index is 1.49. The van der Waals surface area contributed by atoms with Crippen LogP contribution in [0.2, 0.25) is 0 Å². The van der Waals surface area contributed by atoms with E-state index in [0.29, 0.717) is 12.2 Å². The zero-order valence-electron chi connectivity index (χ0n) is 21.2. The number of oxime groups is 1. The van der Waals surface area contributed by atoms with Gasteiger partial charge in [-0.2, -0.15) is 23.4 Å². The van der Waals surface area contributed by atoms with Crippen molar-refractivity contribution in [2.24, 2.45) is 5.16 Å². The smallest absolute Gasteiger partial charge is 0.362 e.